The van der Waals surface area contributed by atoms with Crippen LogP contribution in [-0.2, 0) is 0 Å². The summed E-state index contributed by atoms with van der Waals surface area (Å²) in [5.41, 5.74) is 7.30. The molecule has 1 atom stereocenters. The zero-order valence-corrected chi connectivity index (χ0v) is 8.23. The van der Waals surface area contributed by atoms with Gasteiger partial charge in [-0.3, -0.25) is 4.68 Å². The van der Waals surface area contributed by atoms with E-state index in [1.54, 1.807) is 23.3 Å². The van der Waals surface area contributed by atoms with Crippen LogP contribution in [0.2, 0.25) is 0 Å². The highest BCUT2D eigenvalue weighted by Gasteiger charge is 2.11. The summed E-state index contributed by atoms with van der Waals surface area (Å²) in [6.45, 7) is 3.99. The lowest BCUT2D eigenvalue weighted by atomic mass is 10.3. The van der Waals surface area contributed by atoms with E-state index in [1.165, 1.54) is 0 Å². The highest BCUT2D eigenvalue weighted by Crippen LogP contribution is 2.14. The van der Waals surface area contributed by atoms with Gasteiger partial charge in [-0.25, -0.2) is 4.98 Å². The van der Waals surface area contributed by atoms with Crippen LogP contribution in [0.4, 0.5) is 5.69 Å². The van der Waals surface area contributed by atoms with Gasteiger partial charge in [-0.15, -0.1) is 0 Å². The number of nitrogens with two attached hydrogens (primary N) is 1. The van der Waals surface area contributed by atoms with Crippen molar-refractivity contribution in [2.24, 2.45) is 0 Å². The Balaban J connectivity index is 2.28. The monoisotopic (exact) mass is 191 g/mol. The molecule has 0 fully saturated rings. The first-order valence-corrected chi connectivity index (χ1v) is 4.48. The van der Waals surface area contributed by atoms with Crippen molar-refractivity contribution >= 4 is 5.69 Å². The zero-order chi connectivity index (χ0) is 10.1. The van der Waals surface area contributed by atoms with Crippen LogP contribution in [0.3, 0.4) is 0 Å². The van der Waals surface area contributed by atoms with Crippen LogP contribution >= 0.6 is 0 Å². The van der Waals surface area contributed by atoms with Gasteiger partial charge >= 0.3 is 0 Å². The van der Waals surface area contributed by atoms with Gasteiger partial charge in [0.1, 0.15) is 11.9 Å². The fourth-order valence-electron chi connectivity index (χ4n) is 1.34. The predicted molar refractivity (Wildman–Crippen MR) is 53.8 cm³/mol. The molecule has 0 radical (unpaired) electrons. The maximum atomic E-state index is 5.59. The van der Waals surface area contributed by atoms with Gasteiger partial charge in [0, 0.05) is 18.1 Å². The van der Waals surface area contributed by atoms with Crippen LogP contribution < -0.4 is 5.73 Å². The summed E-state index contributed by atoms with van der Waals surface area (Å²) in [4.78, 5) is 7.41. The van der Waals surface area contributed by atoms with Crippen molar-refractivity contribution in [2.75, 3.05) is 5.73 Å². The van der Waals surface area contributed by atoms with Crippen molar-refractivity contribution in [3.63, 3.8) is 0 Å². The molecule has 74 valence electrons. The van der Waals surface area contributed by atoms with E-state index in [4.69, 9.17) is 5.73 Å². The molecule has 2 heterocycles. The van der Waals surface area contributed by atoms with Crippen molar-refractivity contribution in [1.82, 2.24) is 19.7 Å². The molecule has 5 heteroatoms. The number of hydrogen-bond acceptors (Lipinski definition) is 3. The normalized spacial score (nSPS) is 13.0. The van der Waals surface area contributed by atoms with E-state index >= 15 is 0 Å². The number of aromatic amines is 1. The number of nitrogen functional groups attached to an aromatic ring is 1. The molecule has 0 aromatic carbocycles. The smallest absolute Gasteiger partial charge is 0.130 e. The van der Waals surface area contributed by atoms with Gasteiger partial charge in [-0.2, -0.15) is 5.10 Å². The van der Waals surface area contributed by atoms with E-state index in [0.29, 0.717) is 5.69 Å². The Morgan fingerprint density at radius 1 is 1.50 bits per heavy atom. The first-order valence-electron chi connectivity index (χ1n) is 4.48. The van der Waals surface area contributed by atoms with Crippen LogP contribution in [0.1, 0.15) is 24.5 Å². The summed E-state index contributed by atoms with van der Waals surface area (Å²) < 4.78 is 1.79. The molecule has 3 N–H and O–H groups in total. The number of rotatable bonds is 2. The molecule has 2 rings (SSSR count). The van der Waals surface area contributed by atoms with Crippen molar-refractivity contribution in [1.29, 1.82) is 0 Å². The van der Waals surface area contributed by atoms with Gasteiger partial charge in [0.15, 0.2) is 0 Å². The molecule has 5 nitrogen and oxygen atoms in total. The van der Waals surface area contributed by atoms with Crippen LogP contribution in [-0.4, -0.2) is 19.7 Å². The molecule has 0 aliphatic rings. The number of nitrogens with zero attached hydrogens (tertiary/aromatic N) is 3. The average molecular weight is 191 g/mol. The van der Waals surface area contributed by atoms with Crippen LogP contribution in [0.25, 0.3) is 0 Å². The molecule has 0 bridgehead atoms. The molecular formula is C9H13N5. The summed E-state index contributed by atoms with van der Waals surface area (Å²) >= 11 is 0. The largest absolute Gasteiger partial charge is 0.396 e. The molecule has 1 unspecified atom stereocenters. The minimum absolute atomic E-state index is 0.0843. The minimum atomic E-state index is 0.0843. The van der Waals surface area contributed by atoms with Crippen LogP contribution in [0.5, 0.6) is 0 Å². The van der Waals surface area contributed by atoms with Gasteiger partial charge in [0.25, 0.3) is 0 Å². The molecule has 0 saturated heterocycles. The molecule has 2 aromatic heterocycles. The summed E-state index contributed by atoms with van der Waals surface area (Å²) in [5, 5.41) is 4.13. The first-order chi connectivity index (χ1) is 6.66. The predicted octanol–water partition coefficient (Wildman–Crippen LogP) is 1.11. The lowest BCUT2D eigenvalue weighted by Gasteiger charge is -2.08. The average Bonchev–Trinajstić information content (AvgIpc) is 2.73. The maximum Gasteiger partial charge on any atom is 0.130 e. The Bertz CT molecular complexity index is 388. The quantitative estimate of drug-likeness (QED) is 0.746. The van der Waals surface area contributed by atoms with E-state index < -0.39 is 0 Å². The van der Waals surface area contributed by atoms with Crippen molar-refractivity contribution < 1.29 is 0 Å². The molecule has 0 saturated carbocycles. The third kappa shape index (κ3) is 1.48. The molecule has 0 amide bonds. The van der Waals surface area contributed by atoms with E-state index in [0.717, 1.165) is 11.5 Å². The third-order valence-electron chi connectivity index (χ3n) is 2.14. The Morgan fingerprint density at radius 3 is 2.79 bits per heavy atom. The maximum absolute atomic E-state index is 5.59. The second-order valence-corrected chi connectivity index (χ2v) is 3.38. The van der Waals surface area contributed by atoms with Crippen LogP contribution in [0, 0.1) is 6.92 Å². The molecule has 14 heavy (non-hydrogen) atoms. The Morgan fingerprint density at radius 2 is 2.29 bits per heavy atom. The Kier molecular flexibility index (Phi) is 1.99. The Labute approximate surface area is 82.0 Å². The molecular weight excluding hydrogens is 178 g/mol. The van der Waals surface area contributed by atoms with E-state index in [-0.39, 0.29) is 6.04 Å². The van der Waals surface area contributed by atoms with Gasteiger partial charge in [-0.05, 0) is 13.8 Å². The van der Waals surface area contributed by atoms with Crippen molar-refractivity contribution in [3.05, 3.63) is 30.1 Å². The van der Waals surface area contributed by atoms with Crippen LogP contribution in [0.15, 0.2) is 18.6 Å². The second kappa shape index (κ2) is 3.17. The van der Waals surface area contributed by atoms with Gasteiger partial charge in [-0.1, -0.05) is 0 Å². The Hall–Kier alpha value is -1.78. The lowest BCUT2D eigenvalue weighted by molar-refractivity contribution is 0.540. The molecule has 0 spiro atoms. The first kappa shape index (κ1) is 8.80. The number of H-pyrrole nitrogens is 1. The number of imidazole rings is 1. The number of aryl methyl sites for hydroxylation is 1. The summed E-state index contributed by atoms with van der Waals surface area (Å²) in [7, 11) is 0. The van der Waals surface area contributed by atoms with Crippen molar-refractivity contribution in [3.8, 4) is 0 Å². The SMILES string of the molecule is Cc1cnc(C(C)n2cc(N)cn2)[nH]1. The second-order valence-electron chi connectivity index (χ2n) is 3.38. The highest BCUT2D eigenvalue weighted by atomic mass is 15.3. The molecule has 0 aliphatic heterocycles. The van der Waals surface area contributed by atoms with Gasteiger partial charge < -0.3 is 10.7 Å². The molecule has 0 aliphatic carbocycles. The van der Waals surface area contributed by atoms with Gasteiger partial charge in [0.05, 0.1) is 11.9 Å². The number of aromatic nitrogens is 4. The van der Waals surface area contributed by atoms with E-state index in [2.05, 4.69) is 15.1 Å². The van der Waals surface area contributed by atoms with E-state index in [9.17, 15) is 0 Å². The summed E-state index contributed by atoms with van der Waals surface area (Å²) in [6.07, 6.45) is 5.23. The standard InChI is InChI=1S/C9H13N5/c1-6-3-11-9(13-6)7(2)14-5-8(10)4-12-14/h3-5,7H,10H2,1-2H3,(H,11,13). The number of hydrogen-bond donors (Lipinski definition) is 2. The van der Waals surface area contributed by atoms with Gasteiger partial charge in [0.2, 0.25) is 0 Å². The topological polar surface area (TPSA) is 72.5 Å². The fourth-order valence-corrected chi connectivity index (χ4v) is 1.34. The highest BCUT2D eigenvalue weighted by molar-refractivity contribution is 5.31. The number of nitrogens with one attached hydrogen (secondary N) is 1. The number of anilines is 1. The van der Waals surface area contributed by atoms with Crippen molar-refractivity contribution in [2.45, 2.75) is 19.9 Å². The fraction of sp³-hybridized carbons (Fsp3) is 0.333. The van der Waals surface area contributed by atoms with E-state index in [1.807, 2.05) is 13.8 Å². The zero-order valence-electron chi connectivity index (χ0n) is 8.23. The summed E-state index contributed by atoms with van der Waals surface area (Å²) in [5.74, 6) is 0.894. The molecule has 2 aromatic rings. The minimum Gasteiger partial charge on any atom is -0.396 e. The third-order valence-corrected chi connectivity index (χ3v) is 2.14. The summed E-state index contributed by atoms with van der Waals surface area (Å²) in [6, 6.07) is 0.0843. The lowest BCUT2D eigenvalue weighted by Crippen LogP contribution is -2.08.